The molecular weight excluding hydrogens is 321 g/mol. The van der Waals surface area contributed by atoms with E-state index in [1.807, 2.05) is 6.07 Å². The van der Waals surface area contributed by atoms with Gasteiger partial charge in [-0.05, 0) is 42.0 Å². The van der Waals surface area contributed by atoms with E-state index in [2.05, 4.69) is 4.98 Å². The second-order valence-corrected chi connectivity index (χ2v) is 5.45. The summed E-state index contributed by atoms with van der Waals surface area (Å²) < 4.78 is 19.4. The molecule has 0 aliphatic carbocycles. The number of rotatable bonds is 5. The van der Waals surface area contributed by atoms with Gasteiger partial charge in [0.15, 0.2) is 5.76 Å². The molecule has 0 saturated heterocycles. The molecule has 118 valence electrons. The van der Waals surface area contributed by atoms with Crippen LogP contribution >= 0.6 is 11.6 Å². The molecule has 0 fully saturated rings. The minimum atomic E-state index is -0.867. The molecular formula is C17H13ClFNO3. The predicted octanol–water partition coefficient (Wildman–Crippen LogP) is 4.69. The number of carboxylic acid groups (broad SMARTS) is 1. The number of aliphatic carboxylic acids is 1. The molecule has 0 unspecified atom stereocenters. The van der Waals surface area contributed by atoms with Gasteiger partial charge in [-0.15, -0.1) is 0 Å². The molecule has 3 rings (SSSR count). The monoisotopic (exact) mass is 333 g/mol. The van der Waals surface area contributed by atoms with E-state index >= 15 is 0 Å². The van der Waals surface area contributed by atoms with Crippen molar-refractivity contribution < 1.29 is 18.7 Å². The van der Waals surface area contributed by atoms with E-state index in [0.717, 1.165) is 0 Å². The standard InChI is InChI=1S/C17H13ClFNO3/c18-17-20-14(6-3-7-15(21)22)16(23-17)12-8-9-13(19)11-5-2-1-4-10(11)12/h1-2,4-5,8-9H,3,6-7H2,(H,21,22). The van der Waals surface area contributed by atoms with Gasteiger partial charge in [-0.25, -0.2) is 9.37 Å². The van der Waals surface area contributed by atoms with Gasteiger partial charge < -0.3 is 9.52 Å². The van der Waals surface area contributed by atoms with Crippen LogP contribution in [0.15, 0.2) is 40.8 Å². The lowest BCUT2D eigenvalue weighted by atomic mass is 10.00. The Bertz CT molecular complexity index is 875. The summed E-state index contributed by atoms with van der Waals surface area (Å²) in [6, 6.07) is 10.1. The van der Waals surface area contributed by atoms with E-state index in [9.17, 15) is 9.18 Å². The van der Waals surface area contributed by atoms with E-state index in [-0.39, 0.29) is 17.6 Å². The molecule has 6 heteroatoms. The Morgan fingerprint density at radius 1 is 1.22 bits per heavy atom. The number of carboxylic acids is 1. The van der Waals surface area contributed by atoms with Gasteiger partial charge >= 0.3 is 5.97 Å². The maximum Gasteiger partial charge on any atom is 0.303 e. The largest absolute Gasteiger partial charge is 0.481 e. The summed E-state index contributed by atoms with van der Waals surface area (Å²) in [5.74, 6) is -0.729. The number of halogens is 2. The zero-order chi connectivity index (χ0) is 16.4. The quantitative estimate of drug-likeness (QED) is 0.735. The van der Waals surface area contributed by atoms with Crippen LogP contribution in [-0.2, 0) is 11.2 Å². The van der Waals surface area contributed by atoms with Crippen LogP contribution in [0.5, 0.6) is 0 Å². The Balaban J connectivity index is 2.05. The highest BCUT2D eigenvalue weighted by molar-refractivity contribution is 6.27. The maximum atomic E-state index is 13.9. The number of oxazole rings is 1. The number of aryl methyl sites for hydroxylation is 1. The van der Waals surface area contributed by atoms with Crippen LogP contribution in [0.25, 0.3) is 22.1 Å². The molecule has 0 aliphatic heterocycles. The first kappa shape index (κ1) is 15.5. The number of nitrogens with zero attached hydrogens (tertiary/aromatic N) is 1. The summed E-state index contributed by atoms with van der Waals surface area (Å²) in [6.07, 6.45) is 0.877. The molecule has 0 saturated carbocycles. The smallest absolute Gasteiger partial charge is 0.303 e. The number of hydrogen-bond donors (Lipinski definition) is 1. The van der Waals surface area contributed by atoms with Gasteiger partial charge in [0.05, 0.1) is 5.69 Å². The van der Waals surface area contributed by atoms with Crippen molar-refractivity contribution in [3.63, 3.8) is 0 Å². The summed E-state index contributed by atoms with van der Waals surface area (Å²) in [4.78, 5) is 14.8. The van der Waals surface area contributed by atoms with Gasteiger partial charge in [-0.2, -0.15) is 0 Å². The normalized spacial score (nSPS) is 11.0. The molecule has 23 heavy (non-hydrogen) atoms. The fourth-order valence-corrected chi connectivity index (χ4v) is 2.75. The SMILES string of the molecule is O=C(O)CCCc1nc(Cl)oc1-c1ccc(F)c2ccccc12. The van der Waals surface area contributed by atoms with Crippen LogP contribution in [-0.4, -0.2) is 16.1 Å². The van der Waals surface area contributed by atoms with Crippen molar-refractivity contribution in [2.24, 2.45) is 0 Å². The maximum absolute atomic E-state index is 13.9. The zero-order valence-corrected chi connectivity index (χ0v) is 12.8. The Morgan fingerprint density at radius 3 is 2.70 bits per heavy atom. The highest BCUT2D eigenvalue weighted by atomic mass is 35.5. The van der Waals surface area contributed by atoms with Crippen molar-refractivity contribution in [1.82, 2.24) is 4.98 Å². The third-order valence-corrected chi connectivity index (χ3v) is 3.75. The van der Waals surface area contributed by atoms with Gasteiger partial charge in [0.1, 0.15) is 5.82 Å². The average Bonchev–Trinajstić information content (AvgIpc) is 2.88. The molecule has 0 amide bonds. The van der Waals surface area contributed by atoms with Crippen LogP contribution in [0.3, 0.4) is 0 Å². The lowest BCUT2D eigenvalue weighted by Gasteiger charge is -2.06. The van der Waals surface area contributed by atoms with E-state index < -0.39 is 5.97 Å². The predicted molar refractivity (Wildman–Crippen MR) is 85.0 cm³/mol. The summed E-state index contributed by atoms with van der Waals surface area (Å²) in [5.41, 5.74) is 1.26. The van der Waals surface area contributed by atoms with Crippen LogP contribution in [0.4, 0.5) is 4.39 Å². The van der Waals surface area contributed by atoms with Gasteiger partial charge in [0, 0.05) is 17.4 Å². The van der Waals surface area contributed by atoms with Crippen LogP contribution in [0.1, 0.15) is 18.5 Å². The fraction of sp³-hybridized carbons (Fsp3) is 0.176. The minimum Gasteiger partial charge on any atom is -0.481 e. The first-order chi connectivity index (χ1) is 11.1. The van der Waals surface area contributed by atoms with Gasteiger partial charge in [0.25, 0.3) is 5.35 Å². The van der Waals surface area contributed by atoms with Crippen molar-refractivity contribution in [3.05, 3.63) is 53.3 Å². The average molecular weight is 334 g/mol. The molecule has 1 heterocycles. The topological polar surface area (TPSA) is 63.3 Å². The Kier molecular flexibility index (Phi) is 4.30. The molecule has 1 aromatic heterocycles. The summed E-state index contributed by atoms with van der Waals surface area (Å²) in [5, 5.41) is 9.90. The Labute approximate surface area is 136 Å². The van der Waals surface area contributed by atoms with Crippen LogP contribution in [0.2, 0.25) is 5.35 Å². The Morgan fingerprint density at radius 2 is 1.96 bits per heavy atom. The third kappa shape index (κ3) is 3.19. The van der Waals surface area contributed by atoms with Crippen molar-refractivity contribution in [1.29, 1.82) is 0 Å². The summed E-state index contributed by atoms with van der Waals surface area (Å²) in [6.45, 7) is 0. The number of hydrogen-bond acceptors (Lipinski definition) is 3. The first-order valence-electron chi connectivity index (χ1n) is 7.11. The Hall–Kier alpha value is -2.40. The van der Waals surface area contributed by atoms with Crippen molar-refractivity contribution in [2.75, 3.05) is 0 Å². The molecule has 0 radical (unpaired) electrons. The molecule has 2 aromatic carbocycles. The van der Waals surface area contributed by atoms with E-state index in [0.29, 0.717) is 40.6 Å². The van der Waals surface area contributed by atoms with Gasteiger partial charge in [0.2, 0.25) is 0 Å². The number of fused-ring (bicyclic) bond motifs is 1. The number of aromatic nitrogens is 1. The van der Waals surface area contributed by atoms with Crippen LogP contribution in [0, 0.1) is 5.82 Å². The zero-order valence-electron chi connectivity index (χ0n) is 12.1. The molecule has 0 atom stereocenters. The highest BCUT2D eigenvalue weighted by Crippen LogP contribution is 2.34. The van der Waals surface area contributed by atoms with E-state index in [1.54, 1.807) is 24.3 Å². The second-order valence-electron chi connectivity index (χ2n) is 5.13. The van der Waals surface area contributed by atoms with Crippen LogP contribution < -0.4 is 0 Å². The van der Waals surface area contributed by atoms with Gasteiger partial charge in [-0.3, -0.25) is 4.79 Å². The first-order valence-corrected chi connectivity index (χ1v) is 7.48. The lowest BCUT2D eigenvalue weighted by Crippen LogP contribution is -1.97. The third-order valence-electron chi connectivity index (χ3n) is 3.59. The van der Waals surface area contributed by atoms with Gasteiger partial charge in [-0.1, -0.05) is 24.3 Å². The molecule has 4 nitrogen and oxygen atoms in total. The summed E-state index contributed by atoms with van der Waals surface area (Å²) in [7, 11) is 0. The minimum absolute atomic E-state index is 0.0151. The number of carbonyl (C=O) groups is 1. The molecule has 0 bridgehead atoms. The second kappa shape index (κ2) is 6.38. The molecule has 3 aromatic rings. The highest BCUT2D eigenvalue weighted by Gasteiger charge is 2.17. The fourth-order valence-electron chi connectivity index (χ4n) is 2.57. The molecule has 0 spiro atoms. The van der Waals surface area contributed by atoms with E-state index in [4.69, 9.17) is 21.1 Å². The lowest BCUT2D eigenvalue weighted by molar-refractivity contribution is -0.137. The molecule has 0 aliphatic rings. The van der Waals surface area contributed by atoms with Crippen molar-refractivity contribution in [3.8, 4) is 11.3 Å². The van der Waals surface area contributed by atoms with E-state index in [1.165, 1.54) is 6.07 Å². The molecule has 1 N–H and O–H groups in total. The van der Waals surface area contributed by atoms with Crippen molar-refractivity contribution >= 4 is 28.3 Å². The summed E-state index contributed by atoms with van der Waals surface area (Å²) >= 11 is 5.87. The number of benzene rings is 2. The van der Waals surface area contributed by atoms with Crippen molar-refractivity contribution in [2.45, 2.75) is 19.3 Å².